The fraction of sp³-hybridized carbons (Fsp3) is 0.238. The number of carbonyl (C=O) groups is 1. The van der Waals surface area contributed by atoms with Crippen molar-refractivity contribution in [2.45, 2.75) is 19.4 Å². The van der Waals surface area contributed by atoms with E-state index in [0.717, 1.165) is 16.1 Å². The van der Waals surface area contributed by atoms with Crippen molar-refractivity contribution in [1.29, 1.82) is 0 Å². The average molecular weight is 423 g/mol. The number of amides is 1. The van der Waals surface area contributed by atoms with Crippen molar-refractivity contribution in [2.75, 3.05) is 6.54 Å². The van der Waals surface area contributed by atoms with Gasteiger partial charge in [0.1, 0.15) is 5.82 Å². The first-order valence-electron chi connectivity index (χ1n) is 9.53. The summed E-state index contributed by atoms with van der Waals surface area (Å²) in [4.78, 5) is 20.1. The summed E-state index contributed by atoms with van der Waals surface area (Å²) in [6.45, 7) is 1.09. The molecule has 5 rings (SSSR count). The third kappa shape index (κ3) is 3.41. The SMILES string of the molecule is Cn1nc(-c2nc(-c3cccc(F)c3)no2)c2c1CCN(C(=O)Cc1cccs1)C2. The molecule has 9 heteroatoms. The highest BCUT2D eigenvalue weighted by molar-refractivity contribution is 7.10. The quantitative estimate of drug-likeness (QED) is 0.502. The van der Waals surface area contributed by atoms with Crippen molar-refractivity contribution >= 4 is 17.2 Å². The smallest absolute Gasteiger partial charge is 0.279 e. The van der Waals surface area contributed by atoms with E-state index < -0.39 is 0 Å². The van der Waals surface area contributed by atoms with Crippen LogP contribution in [-0.4, -0.2) is 37.3 Å². The molecule has 152 valence electrons. The van der Waals surface area contributed by atoms with Crippen LogP contribution < -0.4 is 0 Å². The van der Waals surface area contributed by atoms with E-state index in [0.29, 0.717) is 43.0 Å². The lowest BCUT2D eigenvalue weighted by Crippen LogP contribution is -2.37. The van der Waals surface area contributed by atoms with Crippen molar-refractivity contribution in [2.24, 2.45) is 7.05 Å². The Labute approximate surface area is 175 Å². The van der Waals surface area contributed by atoms with Crippen LogP contribution in [-0.2, 0) is 31.2 Å². The maximum Gasteiger partial charge on any atom is 0.279 e. The van der Waals surface area contributed by atoms with Gasteiger partial charge in [-0.05, 0) is 23.6 Å². The van der Waals surface area contributed by atoms with Crippen LogP contribution in [0.4, 0.5) is 4.39 Å². The Bertz CT molecular complexity index is 1210. The predicted molar refractivity (Wildman–Crippen MR) is 109 cm³/mol. The molecule has 1 aliphatic rings. The number of nitrogens with zero attached hydrogens (tertiary/aromatic N) is 5. The molecule has 0 bridgehead atoms. The van der Waals surface area contributed by atoms with E-state index in [9.17, 15) is 9.18 Å². The standard InChI is InChI=1S/C21H18FN5O2S/c1-26-17-7-8-27(18(28)11-15-6-3-9-30-15)12-16(17)19(24-26)21-23-20(25-29-21)13-4-2-5-14(22)10-13/h2-6,9-10H,7-8,11-12H2,1H3. The van der Waals surface area contributed by atoms with Gasteiger partial charge in [-0.2, -0.15) is 10.1 Å². The lowest BCUT2D eigenvalue weighted by molar-refractivity contribution is -0.131. The molecule has 3 aromatic heterocycles. The van der Waals surface area contributed by atoms with Crippen LogP contribution in [0.5, 0.6) is 0 Å². The van der Waals surface area contributed by atoms with E-state index in [1.807, 2.05) is 29.5 Å². The minimum Gasteiger partial charge on any atom is -0.338 e. The Morgan fingerprint density at radius 3 is 3.00 bits per heavy atom. The third-order valence-electron chi connectivity index (χ3n) is 5.21. The number of aromatic nitrogens is 4. The minimum atomic E-state index is -0.367. The molecular formula is C21H18FN5O2S. The summed E-state index contributed by atoms with van der Waals surface area (Å²) in [5, 5.41) is 10.5. The molecule has 1 aromatic carbocycles. The van der Waals surface area contributed by atoms with E-state index in [4.69, 9.17) is 4.52 Å². The molecule has 0 fully saturated rings. The first kappa shape index (κ1) is 18.7. The van der Waals surface area contributed by atoms with Crippen LogP contribution in [0, 0.1) is 5.82 Å². The Hall–Kier alpha value is -3.33. The second-order valence-electron chi connectivity index (χ2n) is 7.15. The van der Waals surface area contributed by atoms with E-state index in [2.05, 4.69) is 15.2 Å². The zero-order valence-corrected chi connectivity index (χ0v) is 17.0. The van der Waals surface area contributed by atoms with Crippen LogP contribution in [0.2, 0.25) is 0 Å². The summed E-state index contributed by atoms with van der Waals surface area (Å²) in [7, 11) is 1.87. The number of hydrogen-bond acceptors (Lipinski definition) is 6. The average Bonchev–Trinajstić information content (AvgIpc) is 3.48. The van der Waals surface area contributed by atoms with Gasteiger partial charge in [0.05, 0.1) is 6.42 Å². The van der Waals surface area contributed by atoms with Crippen molar-refractivity contribution in [3.63, 3.8) is 0 Å². The first-order chi connectivity index (χ1) is 14.6. The number of rotatable bonds is 4. The Kier molecular flexibility index (Phi) is 4.66. The number of hydrogen-bond donors (Lipinski definition) is 0. The lowest BCUT2D eigenvalue weighted by Gasteiger charge is -2.27. The van der Waals surface area contributed by atoms with Crippen LogP contribution in [0.15, 0.2) is 46.3 Å². The molecule has 0 spiro atoms. The molecular weight excluding hydrogens is 405 g/mol. The molecule has 1 aliphatic heterocycles. The summed E-state index contributed by atoms with van der Waals surface area (Å²) < 4.78 is 20.8. The van der Waals surface area contributed by atoms with Gasteiger partial charge in [-0.25, -0.2) is 4.39 Å². The van der Waals surface area contributed by atoms with Crippen molar-refractivity contribution in [3.8, 4) is 23.0 Å². The van der Waals surface area contributed by atoms with Gasteiger partial charge in [-0.15, -0.1) is 11.3 Å². The zero-order chi connectivity index (χ0) is 20.7. The number of thiophene rings is 1. The summed E-state index contributed by atoms with van der Waals surface area (Å²) in [5.41, 5.74) is 3.06. The second-order valence-corrected chi connectivity index (χ2v) is 8.18. The van der Waals surface area contributed by atoms with Crippen molar-refractivity contribution < 1.29 is 13.7 Å². The van der Waals surface area contributed by atoms with Gasteiger partial charge < -0.3 is 9.42 Å². The summed E-state index contributed by atoms with van der Waals surface area (Å²) in [6, 6.07) is 9.96. The molecule has 0 N–H and O–H groups in total. The zero-order valence-electron chi connectivity index (χ0n) is 16.2. The number of carbonyl (C=O) groups excluding carboxylic acids is 1. The molecule has 0 saturated heterocycles. The largest absolute Gasteiger partial charge is 0.338 e. The molecule has 1 amide bonds. The second kappa shape index (κ2) is 7.49. The highest BCUT2D eigenvalue weighted by Gasteiger charge is 2.29. The molecule has 4 aromatic rings. The van der Waals surface area contributed by atoms with Gasteiger partial charge >= 0.3 is 0 Å². The molecule has 0 atom stereocenters. The Morgan fingerprint density at radius 1 is 1.30 bits per heavy atom. The topological polar surface area (TPSA) is 77.1 Å². The minimum absolute atomic E-state index is 0.0869. The lowest BCUT2D eigenvalue weighted by atomic mass is 10.0. The number of aryl methyl sites for hydroxylation is 1. The van der Waals surface area contributed by atoms with Gasteiger partial charge in [0, 0.05) is 48.3 Å². The first-order valence-corrected chi connectivity index (χ1v) is 10.4. The summed E-state index contributed by atoms with van der Waals surface area (Å²) >= 11 is 1.58. The van der Waals surface area contributed by atoms with Gasteiger partial charge in [-0.1, -0.05) is 23.4 Å². The van der Waals surface area contributed by atoms with Gasteiger partial charge in [0.2, 0.25) is 11.7 Å². The maximum atomic E-state index is 13.5. The third-order valence-corrected chi connectivity index (χ3v) is 6.09. The molecule has 0 unspecified atom stereocenters. The molecule has 0 saturated carbocycles. The molecule has 0 aliphatic carbocycles. The molecule has 4 heterocycles. The number of halogens is 1. The van der Waals surface area contributed by atoms with Crippen molar-refractivity contribution in [1.82, 2.24) is 24.8 Å². The molecule has 7 nitrogen and oxygen atoms in total. The van der Waals surface area contributed by atoms with Crippen LogP contribution >= 0.6 is 11.3 Å². The summed E-state index contributed by atoms with van der Waals surface area (Å²) in [6.07, 6.45) is 1.10. The highest BCUT2D eigenvalue weighted by Crippen LogP contribution is 2.30. The number of fused-ring (bicyclic) bond motifs is 1. The number of benzene rings is 1. The van der Waals surface area contributed by atoms with Crippen LogP contribution in [0.25, 0.3) is 23.0 Å². The van der Waals surface area contributed by atoms with E-state index >= 15 is 0 Å². The van der Waals surface area contributed by atoms with Crippen LogP contribution in [0.3, 0.4) is 0 Å². The Morgan fingerprint density at radius 2 is 2.20 bits per heavy atom. The van der Waals surface area contributed by atoms with E-state index in [-0.39, 0.29) is 17.6 Å². The molecule has 0 radical (unpaired) electrons. The summed E-state index contributed by atoms with van der Waals surface area (Å²) in [5.74, 6) is 0.279. The normalized spacial score (nSPS) is 13.5. The van der Waals surface area contributed by atoms with Gasteiger partial charge in [0.25, 0.3) is 5.89 Å². The van der Waals surface area contributed by atoms with Gasteiger partial charge in [0.15, 0.2) is 5.69 Å². The fourth-order valence-corrected chi connectivity index (χ4v) is 4.41. The molecule has 30 heavy (non-hydrogen) atoms. The monoisotopic (exact) mass is 423 g/mol. The van der Waals surface area contributed by atoms with E-state index in [1.165, 1.54) is 12.1 Å². The Balaban J connectivity index is 1.43. The van der Waals surface area contributed by atoms with Gasteiger partial charge in [-0.3, -0.25) is 9.48 Å². The maximum absolute atomic E-state index is 13.5. The van der Waals surface area contributed by atoms with E-state index in [1.54, 1.807) is 28.2 Å². The van der Waals surface area contributed by atoms with Crippen LogP contribution in [0.1, 0.15) is 16.1 Å². The predicted octanol–water partition coefficient (Wildman–Crippen LogP) is 3.47. The fourth-order valence-electron chi connectivity index (χ4n) is 3.72. The van der Waals surface area contributed by atoms with Crippen molar-refractivity contribution in [3.05, 3.63) is 63.7 Å². The highest BCUT2D eigenvalue weighted by atomic mass is 32.1.